The summed E-state index contributed by atoms with van der Waals surface area (Å²) in [6.07, 6.45) is 1.83. The maximum atomic E-state index is 4.28. The Morgan fingerprint density at radius 1 is 1.00 bits per heavy atom. The van der Waals surface area contributed by atoms with Crippen LogP contribution < -0.4 is 0 Å². The Morgan fingerprint density at radius 3 is 2.38 bits per heavy atom. The Morgan fingerprint density at radius 2 is 1.69 bits per heavy atom. The van der Waals surface area contributed by atoms with E-state index in [1.165, 1.54) is 10.9 Å². The van der Waals surface area contributed by atoms with E-state index in [4.69, 9.17) is 0 Å². The molecule has 1 aromatic heterocycles. The van der Waals surface area contributed by atoms with E-state index in [-0.39, 0.29) is 0 Å². The fourth-order valence-corrected chi connectivity index (χ4v) is 1.26. The molecule has 0 aliphatic carbocycles. The molecular formula is C12H15N. The molecule has 0 unspecified atom stereocenters. The maximum Gasteiger partial charge on any atom is 0.0731 e. The minimum Gasteiger partial charge on any atom is -0.256 e. The maximum absolute atomic E-state index is 4.28. The lowest BCUT2D eigenvalue weighted by atomic mass is 10.1. The lowest BCUT2D eigenvalue weighted by Crippen LogP contribution is -1.80. The summed E-state index contributed by atoms with van der Waals surface area (Å²) in [5.74, 6) is 0. The van der Waals surface area contributed by atoms with E-state index >= 15 is 0 Å². The highest BCUT2D eigenvalue weighted by Crippen LogP contribution is 2.13. The molecule has 68 valence electrons. The molecule has 0 bridgehead atoms. The Hall–Kier alpha value is -1.37. The van der Waals surface area contributed by atoms with Gasteiger partial charge in [-0.1, -0.05) is 38.1 Å². The average molecular weight is 173 g/mol. The second-order valence-electron chi connectivity index (χ2n) is 2.65. The zero-order chi connectivity index (χ0) is 9.68. The van der Waals surface area contributed by atoms with Crippen LogP contribution >= 0.6 is 0 Å². The first-order chi connectivity index (χ1) is 6.38. The molecule has 0 aliphatic rings. The highest BCUT2D eigenvalue weighted by Gasteiger charge is 1.93. The van der Waals surface area contributed by atoms with Crippen LogP contribution in [0.2, 0.25) is 0 Å². The highest BCUT2D eigenvalue weighted by molar-refractivity contribution is 5.81. The van der Waals surface area contributed by atoms with Crippen molar-refractivity contribution in [2.45, 2.75) is 20.8 Å². The fourth-order valence-electron chi connectivity index (χ4n) is 1.26. The molecule has 1 heteroatoms. The third-order valence-corrected chi connectivity index (χ3v) is 1.83. The Bertz CT molecular complexity index is 374. The largest absolute Gasteiger partial charge is 0.256 e. The van der Waals surface area contributed by atoms with Gasteiger partial charge in [0.2, 0.25) is 0 Å². The zero-order valence-electron chi connectivity index (χ0n) is 8.41. The van der Waals surface area contributed by atoms with Crippen molar-refractivity contribution in [1.82, 2.24) is 4.98 Å². The van der Waals surface area contributed by atoms with Crippen LogP contribution in [-0.4, -0.2) is 4.98 Å². The summed E-state index contributed by atoms with van der Waals surface area (Å²) >= 11 is 0. The Labute approximate surface area is 79.4 Å². The molecule has 1 aromatic carbocycles. The monoisotopic (exact) mass is 173 g/mol. The van der Waals surface area contributed by atoms with E-state index in [0.717, 1.165) is 5.52 Å². The van der Waals surface area contributed by atoms with Crippen LogP contribution in [0.5, 0.6) is 0 Å². The molecule has 0 saturated carbocycles. The number of rotatable bonds is 0. The summed E-state index contributed by atoms with van der Waals surface area (Å²) in [5, 5.41) is 1.22. The highest BCUT2D eigenvalue weighted by atomic mass is 14.6. The zero-order valence-corrected chi connectivity index (χ0v) is 8.41. The second kappa shape index (κ2) is 4.61. The molecule has 1 heterocycles. The van der Waals surface area contributed by atoms with Crippen molar-refractivity contribution < 1.29 is 0 Å². The van der Waals surface area contributed by atoms with E-state index in [1.54, 1.807) is 0 Å². The summed E-state index contributed by atoms with van der Waals surface area (Å²) in [6.45, 7) is 6.08. The minimum absolute atomic E-state index is 1.11. The molecule has 0 N–H and O–H groups in total. The van der Waals surface area contributed by atoms with E-state index in [0.29, 0.717) is 0 Å². The molecule has 2 aromatic rings. The minimum atomic E-state index is 1.11. The lowest BCUT2D eigenvalue weighted by molar-refractivity contribution is 1.37. The van der Waals surface area contributed by atoms with Crippen molar-refractivity contribution in [3.8, 4) is 0 Å². The molecule has 2 rings (SSSR count). The van der Waals surface area contributed by atoms with E-state index in [9.17, 15) is 0 Å². The molecule has 13 heavy (non-hydrogen) atoms. The van der Waals surface area contributed by atoms with Crippen LogP contribution in [0.3, 0.4) is 0 Å². The Kier molecular flexibility index (Phi) is 3.44. The predicted octanol–water partition coefficient (Wildman–Crippen LogP) is 3.57. The van der Waals surface area contributed by atoms with Gasteiger partial charge < -0.3 is 0 Å². The standard InChI is InChI=1S/C10H9N.C2H6/c1-8-4-2-5-9-6-3-7-11-10(8)9;1-2/h2-7H,1H3;1-2H3. The van der Waals surface area contributed by atoms with Gasteiger partial charge in [-0.15, -0.1) is 0 Å². The fraction of sp³-hybridized carbons (Fsp3) is 0.250. The van der Waals surface area contributed by atoms with Crippen LogP contribution in [0.25, 0.3) is 10.9 Å². The molecule has 0 radical (unpaired) electrons. The number of hydrogen-bond donors (Lipinski definition) is 0. The summed E-state index contributed by atoms with van der Waals surface area (Å²) in [7, 11) is 0. The van der Waals surface area contributed by atoms with Crippen molar-refractivity contribution in [3.05, 3.63) is 42.1 Å². The molecule has 1 nitrogen and oxygen atoms in total. The molecule has 0 saturated heterocycles. The van der Waals surface area contributed by atoms with Crippen molar-refractivity contribution in [3.63, 3.8) is 0 Å². The average Bonchev–Trinajstić information content (AvgIpc) is 2.22. The number of benzene rings is 1. The smallest absolute Gasteiger partial charge is 0.0731 e. The van der Waals surface area contributed by atoms with Crippen LogP contribution in [0.4, 0.5) is 0 Å². The van der Waals surface area contributed by atoms with E-state index in [2.05, 4.69) is 36.2 Å². The number of nitrogens with zero attached hydrogens (tertiary/aromatic N) is 1. The van der Waals surface area contributed by atoms with E-state index in [1.807, 2.05) is 26.1 Å². The third-order valence-electron chi connectivity index (χ3n) is 1.83. The first-order valence-electron chi connectivity index (χ1n) is 4.68. The molecule has 0 spiro atoms. The number of aromatic nitrogens is 1. The molecule has 0 aliphatic heterocycles. The van der Waals surface area contributed by atoms with Crippen molar-refractivity contribution in [1.29, 1.82) is 0 Å². The van der Waals surface area contributed by atoms with Crippen molar-refractivity contribution in [2.75, 3.05) is 0 Å². The summed E-state index contributed by atoms with van der Waals surface area (Å²) in [4.78, 5) is 4.28. The number of aryl methyl sites for hydroxylation is 1. The first-order valence-corrected chi connectivity index (χ1v) is 4.68. The van der Waals surface area contributed by atoms with Gasteiger partial charge in [-0.3, -0.25) is 4.98 Å². The van der Waals surface area contributed by atoms with Crippen LogP contribution in [0.15, 0.2) is 36.5 Å². The van der Waals surface area contributed by atoms with Gasteiger partial charge in [-0.25, -0.2) is 0 Å². The molecule has 0 atom stereocenters. The quantitative estimate of drug-likeness (QED) is 0.593. The van der Waals surface area contributed by atoms with Gasteiger partial charge in [0, 0.05) is 11.6 Å². The van der Waals surface area contributed by atoms with Gasteiger partial charge in [0.05, 0.1) is 5.52 Å². The molecule has 0 amide bonds. The van der Waals surface area contributed by atoms with Crippen molar-refractivity contribution in [2.24, 2.45) is 0 Å². The SMILES string of the molecule is CC.Cc1cccc2cccnc12. The summed E-state index contributed by atoms with van der Waals surface area (Å²) in [5.41, 5.74) is 2.35. The van der Waals surface area contributed by atoms with E-state index < -0.39 is 0 Å². The molecule has 0 fully saturated rings. The van der Waals surface area contributed by atoms with Crippen LogP contribution in [-0.2, 0) is 0 Å². The Balaban J connectivity index is 0.000000396. The predicted molar refractivity (Wildman–Crippen MR) is 57.8 cm³/mol. The second-order valence-corrected chi connectivity index (χ2v) is 2.65. The summed E-state index contributed by atoms with van der Waals surface area (Å²) < 4.78 is 0. The lowest BCUT2D eigenvalue weighted by Gasteiger charge is -1.97. The van der Waals surface area contributed by atoms with Crippen LogP contribution in [0.1, 0.15) is 19.4 Å². The number of hydrogen-bond acceptors (Lipinski definition) is 1. The summed E-state index contributed by atoms with van der Waals surface area (Å²) in [6, 6.07) is 10.3. The number of fused-ring (bicyclic) bond motifs is 1. The third kappa shape index (κ3) is 2.05. The van der Waals surface area contributed by atoms with Gasteiger partial charge in [0.1, 0.15) is 0 Å². The van der Waals surface area contributed by atoms with Gasteiger partial charge >= 0.3 is 0 Å². The van der Waals surface area contributed by atoms with Crippen molar-refractivity contribution >= 4 is 10.9 Å². The first kappa shape index (κ1) is 9.72. The van der Waals surface area contributed by atoms with Gasteiger partial charge in [0.25, 0.3) is 0 Å². The number of para-hydroxylation sites is 1. The normalized spacial score (nSPS) is 9.15. The molecular weight excluding hydrogens is 158 g/mol. The van der Waals surface area contributed by atoms with Crippen LogP contribution in [0, 0.1) is 6.92 Å². The van der Waals surface area contributed by atoms with Gasteiger partial charge in [-0.2, -0.15) is 0 Å². The van der Waals surface area contributed by atoms with Gasteiger partial charge in [-0.05, 0) is 18.6 Å². The van der Waals surface area contributed by atoms with Gasteiger partial charge in [0.15, 0.2) is 0 Å². The number of pyridine rings is 1. The topological polar surface area (TPSA) is 12.9 Å².